The molecule has 1 aromatic heterocycles. The largest absolute Gasteiger partial charge is 0.496 e. The Morgan fingerprint density at radius 2 is 2.42 bits per heavy atom. The lowest BCUT2D eigenvalue weighted by atomic mass is 10.1. The standard InChI is InChI=1S/C16H17N5O3/c1-23-13-5-4-10(8-17)7-11(13)9-21-6-2-3-12(21)16-19-15(14(18)22)20-24-16/h4-5,7,12H,2-3,6,9H2,1H3,(H2,18,22)/t12-/m0/s1. The van der Waals surface area contributed by atoms with Gasteiger partial charge in [-0.3, -0.25) is 9.69 Å². The molecule has 1 aliphatic rings. The van der Waals surface area contributed by atoms with Gasteiger partial charge in [-0.15, -0.1) is 0 Å². The van der Waals surface area contributed by atoms with E-state index in [9.17, 15) is 4.79 Å². The van der Waals surface area contributed by atoms with E-state index in [0.717, 1.165) is 30.7 Å². The van der Waals surface area contributed by atoms with Crippen LogP contribution in [0.25, 0.3) is 0 Å². The lowest BCUT2D eigenvalue weighted by Crippen LogP contribution is -2.23. The normalized spacial score (nSPS) is 17.6. The molecule has 0 unspecified atom stereocenters. The second-order valence-electron chi connectivity index (χ2n) is 5.59. The fraction of sp³-hybridized carbons (Fsp3) is 0.375. The molecule has 0 saturated carbocycles. The number of amides is 1. The van der Waals surface area contributed by atoms with Gasteiger partial charge in [-0.25, -0.2) is 0 Å². The second kappa shape index (κ2) is 6.68. The monoisotopic (exact) mass is 327 g/mol. The number of aromatic nitrogens is 2. The topological polar surface area (TPSA) is 118 Å². The Balaban J connectivity index is 1.83. The molecule has 0 spiro atoms. The lowest BCUT2D eigenvalue weighted by molar-refractivity contribution is 0.0987. The van der Waals surface area contributed by atoms with E-state index in [2.05, 4.69) is 21.1 Å². The minimum atomic E-state index is -0.710. The Morgan fingerprint density at radius 1 is 1.58 bits per heavy atom. The lowest BCUT2D eigenvalue weighted by Gasteiger charge is -2.22. The molecule has 124 valence electrons. The maximum absolute atomic E-state index is 11.1. The summed E-state index contributed by atoms with van der Waals surface area (Å²) in [4.78, 5) is 17.4. The molecule has 24 heavy (non-hydrogen) atoms. The van der Waals surface area contributed by atoms with Crippen LogP contribution in [0.1, 0.15) is 46.5 Å². The summed E-state index contributed by atoms with van der Waals surface area (Å²) in [5.41, 5.74) is 6.66. The Labute approximate surface area is 138 Å². The SMILES string of the molecule is COc1ccc(C#N)cc1CN1CCC[C@H]1c1nc(C(N)=O)no1. The number of ether oxygens (including phenoxy) is 1. The van der Waals surface area contributed by atoms with Crippen LogP contribution in [0.2, 0.25) is 0 Å². The number of carbonyl (C=O) groups is 1. The maximum atomic E-state index is 11.1. The minimum Gasteiger partial charge on any atom is -0.496 e. The Bertz CT molecular complexity index is 795. The van der Waals surface area contributed by atoms with Gasteiger partial charge >= 0.3 is 0 Å². The van der Waals surface area contributed by atoms with Gasteiger partial charge in [0.1, 0.15) is 5.75 Å². The number of nitriles is 1. The van der Waals surface area contributed by atoms with Gasteiger partial charge in [0.2, 0.25) is 5.89 Å². The molecular formula is C16H17N5O3. The third-order valence-corrected chi connectivity index (χ3v) is 4.09. The molecule has 1 amide bonds. The molecule has 1 saturated heterocycles. The van der Waals surface area contributed by atoms with E-state index < -0.39 is 5.91 Å². The summed E-state index contributed by atoms with van der Waals surface area (Å²) in [5, 5.41) is 12.7. The number of methoxy groups -OCH3 is 1. The van der Waals surface area contributed by atoms with Crippen molar-refractivity contribution in [1.82, 2.24) is 15.0 Å². The molecule has 1 aliphatic heterocycles. The average molecular weight is 327 g/mol. The Hall–Kier alpha value is -2.92. The summed E-state index contributed by atoms with van der Waals surface area (Å²) in [6.45, 7) is 1.43. The summed E-state index contributed by atoms with van der Waals surface area (Å²) < 4.78 is 10.6. The van der Waals surface area contributed by atoms with Crippen LogP contribution < -0.4 is 10.5 Å². The van der Waals surface area contributed by atoms with E-state index in [-0.39, 0.29) is 11.9 Å². The van der Waals surface area contributed by atoms with Gasteiger partial charge < -0.3 is 15.0 Å². The van der Waals surface area contributed by atoms with Crippen LogP contribution in [-0.2, 0) is 6.54 Å². The number of hydrogen-bond donors (Lipinski definition) is 1. The first kappa shape index (κ1) is 16.0. The summed E-state index contributed by atoms with van der Waals surface area (Å²) >= 11 is 0. The van der Waals surface area contributed by atoms with Crippen molar-refractivity contribution in [3.63, 3.8) is 0 Å². The number of nitrogens with zero attached hydrogens (tertiary/aromatic N) is 4. The first-order valence-corrected chi connectivity index (χ1v) is 7.57. The maximum Gasteiger partial charge on any atom is 0.290 e. The molecule has 0 radical (unpaired) electrons. The fourth-order valence-electron chi connectivity index (χ4n) is 2.96. The van der Waals surface area contributed by atoms with Crippen molar-refractivity contribution in [2.45, 2.75) is 25.4 Å². The van der Waals surface area contributed by atoms with Crippen molar-refractivity contribution < 1.29 is 14.1 Å². The predicted molar refractivity (Wildman–Crippen MR) is 82.9 cm³/mol. The highest BCUT2D eigenvalue weighted by atomic mass is 16.5. The zero-order chi connectivity index (χ0) is 17.1. The number of primary amides is 1. The summed E-state index contributed by atoms with van der Waals surface area (Å²) in [6.07, 6.45) is 1.82. The Morgan fingerprint density at radius 3 is 3.08 bits per heavy atom. The van der Waals surface area contributed by atoms with Crippen molar-refractivity contribution in [2.24, 2.45) is 5.73 Å². The first-order valence-electron chi connectivity index (χ1n) is 7.57. The van der Waals surface area contributed by atoms with Crippen molar-refractivity contribution in [2.75, 3.05) is 13.7 Å². The molecule has 8 heteroatoms. The Kier molecular flexibility index (Phi) is 4.44. The highest BCUT2D eigenvalue weighted by Crippen LogP contribution is 2.34. The van der Waals surface area contributed by atoms with Gasteiger partial charge in [0.15, 0.2) is 0 Å². The van der Waals surface area contributed by atoms with E-state index in [0.29, 0.717) is 18.0 Å². The van der Waals surface area contributed by atoms with Crippen molar-refractivity contribution in [3.8, 4) is 11.8 Å². The zero-order valence-electron chi connectivity index (χ0n) is 13.2. The molecule has 2 aromatic rings. The van der Waals surface area contributed by atoms with Gasteiger partial charge in [-0.05, 0) is 37.6 Å². The number of rotatable bonds is 5. The second-order valence-corrected chi connectivity index (χ2v) is 5.59. The fourth-order valence-corrected chi connectivity index (χ4v) is 2.96. The molecule has 8 nitrogen and oxygen atoms in total. The molecule has 1 atom stereocenters. The highest BCUT2D eigenvalue weighted by Gasteiger charge is 2.31. The summed E-state index contributed by atoms with van der Waals surface area (Å²) in [6, 6.07) is 7.38. The van der Waals surface area contributed by atoms with E-state index in [1.807, 2.05) is 6.07 Å². The number of hydrogen-bond acceptors (Lipinski definition) is 7. The number of nitrogens with two attached hydrogens (primary N) is 1. The first-order chi connectivity index (χ1) is 11.6. The van der Waals surface area contributed by atoms with Crippen LogP contribution in [-0.4, -0.2) is 34.6 Å². The third-order valence-electron chi connectivity index (χ3n) is 4.09. The quantitative estimate of drug-likeness (QED) is 0.881. The molecular weight excluding hydrogens is 310 g/mol. The molecule has 1 fully saturated rings. The van der Waals surface area contributed by atoms with Gasteiger partial charge in [-0.1, -0.05) is 5.16 Å². The van der Waals surface area contributed by atoms with Gasteiger partial charge in [0.25, 0.3) is 11.7 Å². The van der Waals surface area contributed by atoms with E-state index in [1.54, 1.807) is 19.2 Å². The van der Waals surface area contributed by atoms with Gasteiger partial charge in [-0.2, -0.15) is 10.2 Å². The van der Waals surface area contributed by atoms with Crippen LogP contribution in [0.15, 0.2) is 22.7 Å². The van der Waals surface area contributed by atoms with Gasteiger partial charge in [0.05, 0.1) is 24.8 Å². The third kappa shape index (κ3) is 3.07. The molecule has 0 bridgehead atoms. The molecule has 0 aliphatic carbocycles. The number of carbonyl (C=O) groups excluding carboxylic acids is 1. The van der Waals surface area contributed by atoms with Crippen LogP contribution in [0.4, 0.5) is 0 Å². The smallest absolute Gasteiger partial charge is 0.290 e. The van der Waals surface area contributed by atoms with E-state index in [1.165, 1.54) is 0 Å². The summed E-state index contributed by atoms with van der Waals surface area (Å²) in [7, 11) is 1.60. The zero-order valence-corrected chi connectivity index (χ0v) is 13.2. The van der Waals surface area contributed by atoms with Crippen molar-refractivity contribution in [3.05, 3.63) is 41.0 Å². The van der Waals surface area contributed by atoms with Gasteiger partial charge in [0, 0.05) is 12.1 Å². The number of benzene rings is 1. The van der Waals surface area contributed by atoms with Crippen LogP contribution >= 0.6 is 0 Å². The van der Waals surface area contributed by atoms with Crippen molar-refractivity contribution in [1.29, 1.82) is 5.26 Å². The summed E-state index contributed by atoms with van der Waals surface area (Å²) in [5.74, 6) is 0.290. The van der Waals surface area contributed by atoms with Crippen LogP contribution in [0, 0.1) is 11.3 Å². The van der Waals surface area contributed by atoms with Crippen LogP contribution in [0.5, 0.6) is 5.75 Å². The van der Waals surface area contributed by atoms with E-state index in [4.69, 9.17) is 20.3 Å². The molecule has 2 N–H and O–H groups in total. The molecule has 1 aromatic carbocycles. The average Bonchev–Trinajstić information content (AvgIpc) is 3.23. The van der Waals surface area contributed by atoms with Crippen molar-refractivity contribution >= 4 is 5.91 Å². The van der Waals surface area contributed by atoms with E-state index >= 15 is 0 Å². The highest BCUT2D eigenvalue weighted by molar-refractivity contribution is 5.88. The molecule has 3 rings (SSSR count). The van der Waals surface area contributed by atoms with Crippen LogP contribution in [0.3, 0.4) is 0 Å². The predicted octanol–water partition coefficient (Wildman–Crippen LogP) is 1.39. The molecule has 2 heterocycles. The number of likely N-dealkylation sites (tertiary alicyclic amines) is 1. The minimum absolute atomic E-state index is 0.0824.